The summed E-state index contributed by atoms with van der Waals surface area (Å²) in [5.74, 6) is 6.27. The number of hydrogen-bond acceptors (Lipinski definition) is 6. The number of nitrogens with zero attached hydrogens (tertiary/aromatic N) is 3. The molecule has 7 nitrogen and oxygen atoms in total. The van der Waals surface area contributed by atoms with Gasteiger partial charge in [0, 0.05) is 11.8 Å². The Balaban J connectivity index is 1.85. The maximum Gasteiger partial charge on any atom is 0.181 e. The minimum Gasteiger partial charge on any atom is -0.394 e. The van der Waals surface area contributed by atoms with Gasteiger partial charge < -0.3 is 25.3 Å². The molecule has 0 bridgehead atoms. The molecule has 4 rings (SSSR count). The molecule has 4 atom stereocenters. The standard InChI is InChI=1S/C20H19FN4O3/c1-20(21)16(27)14(10-26)28-19(20)25-9-13(8-7-12-5-3-2-4-6-12)15-17(22)23-11-24-18(15)25/h2-6,9,11,14,16,19,26-27H,10H2,1H3,(H2,22,23,24)/t14-,16-,19-,20-/m1/s1. The molecule has 0 spiro atoms. The predicted octanol–water partition coefficient (Wildman–Crippen LogP) is 1.39. The van der Waals surface area contributed by atoms with Gasteiger partial charge in [-0.3, -0.25) is 0 Å². The number of benzene rings is 1. The zero-order valence-corrected chi connectivity index (χ0v) is 15.1. The van der Waals surface area contributed by atoms with Crippen molar-refractivity contribution in [1.29, 1.82) is 0 Å². The van der Waals surface area contributed by atoms with Crippen molar-refractivity contribution in [2.45, 2.75) is 31.0 Å². The minimum atomic E-state index is -2.15. The van der Waals surface area contributed by atoms with Crippen LogP contribution in [0.5, 0.6) is 0 Å². The van der Waals surface area contributed by atoms with E-state index < -0.39 is 30.7 Å². The van der Waals surface area contributed by atoms with Crippen LogP contribution in [0.3, 0.4) is 0 Å². The summed E-state index contributed by atoms with van der Waals surface area (Å²) in [7, 11) is 0. The van der Waals surface area contributed by atoms with Gasteiger partial charge in [-0.05, 0) is 19.1 Å². The van der Waals surface area contributed by atoms with Crippen LogP contribution in [-0.2, 0) is 4.74 Å². The summed E-state index contributed by atoms with van der Waals surface area (Å²) in [5.41, 5.74) is 5.54. The highest BCUT2D eigenvalue weighted by Crippen LogP contribution is 2.43. The molecule has 0 unspecified atom stereocenters. The van der Waals surface area contributed by atoms with Crippen LogP contribution in [0.25, 0.3) is 11.0 Å². The van der Waals surface area contributed by atoms with Crippen LogP contribution in [0.15, 0.2) is 42.9 Å². The van der Waals surface area contributed by atoms with Crippen LogP contribution < -0.4 is 5.73 Å². The molecule has 28 heavy (non-hydrogen) atoms. The zero-order chi connectivity index (χ0) is 19.9. The number of aliphatic hydroxyl groups excluding tert-OH is 2. The summed E-state index contributed by atoms with van der Waals surface area (Å²) in [6.07, 6.45) is -0.884. The second-order valence-electron chi connectivity index (χ2n) is 6.83. The topological polar surface area (TPSA) is 106 Å². The molecule has 1 aromatic carbocycles. The molecular formula is C20H19FN4O3. The fraction of sp³-hybridized carbons (Fsp3) is 0.300. The van der Waals surface area contributed by atoms with Gasteiger partial charge >= 0.3 is 0 Å². The van der Waals surface area contributed by atoms with Crippen molar-refractivity contribution in [3.05, 3.63) is 54.0 Å². The van der Waals surface area contributed by atoms with Crippen LogP contribution in [0.2, 0.25) is 0 Å². The smallest absolute Gasteiger partial charge is 0.181 e. The van der Waals surface area contributed by atoms with Crippen LogP contribution in [0, 0.1) is 11.8 Å². The van der Waals surface area contributed by atoms with E-state index in [9.17, 15) is 10.2 Å². The Morgan fingerprint density at radius 3 is 2.71 bits per heavy atom. The molecule has 144 valence electrons. The second-order valence-corrected chi connectivity index (χ2v) is 6.83. The highest BCUT2D eigenvalue weighted by molar-refractivity contribution is 5.92. The monoisotopic (exact) mass is 382 g/mol. The fourth-order valence-corrected chi connectivity index (χ4v) is 3.41. The van der Waals surface area contributed by atoms with Crippen molar-refractivity contribution in [1.82, 2.24) is 14.5 Å². The number of nitrogens with two attached hydrogens (primary N) is 1. The van der Waals surface area contributed by atoms with Crippen molar-refractivity contribution in [3.8, 4) is 11.8 Å². The SMILES string of the molecule is C[C@@]1(F)[C@H](O)[C@@H](CO)O[C@H]1n1cc(C#Cc2ccccc2)c2c(N)ncnc21. The number of ether oxygens (including phenoxy) is 1. The lowest BCUT2D eigenvalue weighted by Gasteiger charge is -2.25. The Morgan fingerprint density at radius 2 is 2.04 bits per heavy atom. The average molecular weight is 382 g/mol. The lowest BCUT2D eigenvalue weighted by molar-refractivity contribution is -0.0564. The Bertz CT molecular complexity index is 1070. The molecule has 3 aromatic rings. The van der Waals surface area contributed by atoms with Gasteiger partial charge in [-0.25, -0.2) is 14.4 Å². The third-order valence-corrected chi connectivity index (χ3v) is 4.90. The Kier molecular flexibility index (Phi) is 4.51. The molecule has 2 aromatic heterocycles. The highest BCUT2D eigenvalue weighted by Gasteiger charge is 2.55. The molecule has 0 radical (unpaired) electrons. The third kappa shape index (κ3) is 2.90. The van der Waals surface area contributed by atoms with Gasteiger partial charge in [0.25, 0.3) is 0 Å². The van der Waals surface area contributed by atoms with E-state index in [1.54, 1.807) is 6.20 Å². The van der Waals surface area contributed by atoms with Gasteiger partial charge in [0.15, 0.2) is 11.9 Å². The van der Waals surface area contributed by atoms with Gasteiger partial charge in [0.1, 0.15) is 30.0 Å². The first-order chi connectivity index (χ1) is 13.4. The minimum absolute atomic E-state index is 0.207. The first kappa shape index (κ1) is 18.4. The molecule has 1 aliphatic heterocycles. The van der Waals surface area contributed by atoms with Crippen molar-refractivity contribution >= 4 is 16.9 Å². The van der Waals surface area contributed by atoms with E-state index in [4.69, 9.17) is 10.5 Å². The normalized spacial score (nSPS) is 26.9. The van der Waals surface area contributed by atoms with Crippen LogP contribution in [-0.4, -0.2) is 49.2 Å². The molecule has 1 saturated heterocycles. The van der Waals surface area contributed by atoms with Crippen molar-refractivity contribution in [2.24, 2.45) is 0 Å². The molecule has 0 aliphatic carbocycles. The van der Waals surface area contributed by atoms with E-state index in [0.29, 0.717) is 16.6 Å². The number of nitrogen functional groups attached to an aromatic ring is 1. The van der Waals surface area contributed by atoms with E-state index >= 15 is 4.39 Å². The second kappa shape index (κ2) is 6.87. The molecule has 1 fully saturated rings. The Labute approximate surface area is 160 Å². The number of halogens is 1. The zero-order valence-electron chi connectivity index (χ0n) is 15.1. The van der Waals surface area contributed by atoms with E-state index in [2.05, 4.69) is 21.8 Å². The molecule has 8 heteroatoms. The molecule has 1 aliphatic rings. The molecular weight excluding hydrogens is 363 g/mol. The number of anilines is 1. The quantitative estimate of drug-likeness (QED) is 0.579. The van der Waals surface area contributed by atoms with E-state index in [1.165, 1.54) is 17.8 Å². The number of aromatic nitrogens is 3. The molecule has 0 saturated carbocycles. The summed E-state index contributed by atoms with van der Waals surface area (Å²) < 4.78 is 22.3. The van der Waals surface area contributed by atoms with Gasteiger partial charge in [-0.2, -0.15) is 0 Å². The van der Waals surface area contributed by atoms with Gasteiger partial charge in [-0.1, -0.05) is 30.0 Å². The Morgan fingerprint density at radius 1 is 1.29 bits per heavy atom. The van der Waals surface area contributed by atoms with Crippen LogP contribution >= 0.6 is 0 Å². The number of hydrogen-bond donors (Lipinski definition) is 3. The fourth-order valence-electron chi connectivity index (χ4n) is 3.41. The number of alkyl halides is 1. The maximum absolute atomic E-state index is 15.3. The van der Waals surface area contributed by atoms with E-state index in [1.807, 2.05) is 30.3 Å². The highest BCUT2D eigenvalue weighted by atomic mass is 19.1. The van der Waals surface area contributed by atoms with Crippen molar-refractivity contribution in [2.75, 3.05) is 12.3 Å². The van der Waals surface area contributed by atoms with Crippen LogP contribution in [0.4, 0.5) is 10.2 Å². The summed E-state index contributed by atoms with van der Waals surface area (Å²) in [6, 6.07) is 9.38. The average Bonchev–Trinajstić information content (AvgIpc) is 3.17. The van der Waals surface area contributed by atoms with Gasteiger partial charge in [-0.15, -0.1) is 0 Å². The lowest BCUT2D eigenvalue weighted by atomic mass is 9.98. The molecule has 4 N–H and O–H groups in total. The van der Waals surface area contributed by atoms with E-state index in [0.717, 1.165) is 5.56 Å². The molecule has 0 amide bonds. The summed E-state index contributed by atoms with van der Waals surface area (Å²) in [6.45, 7) is 0.720. The number of aliphatic hydroxyl groups is 2. The van der Waals surface area contributed by atoms with Gasteiger partial charge in [0.05, 0.1) is 17.6 Å². The summed E-state index contributed by atoms with van der Waals surface area (Å²) in [5, 5.41) is 20.0. The maximum atomic E-state index is 15.3. The predicted molar refractivity (Wildman–Crippen MR) is 101 cm³/mol. The first-order valence-electron chi connectivity index (χ1n) is 8.75. The largest absolute Gasteiger partial charge is 0.394 e. The first-order valence-corrected chi connectivity index (χ1v) is 8.75. The van der Waals surface area contributed by atoms with Gasteiger partial charge in [0.2, 0.25) is 0 Å². The van der Waals surface area contributed by atoms with E-state index in [-0.39, 0.29) is 5.82 Å². The van der Waals surface area contributed by atoms with Crippen LogP contribution in [0.1, 0.15) is 24.3 Å². The van der Waals surface area contributed by atoms with Crippen molar-refractivity contribution in [3.63, 3.8) is 0 Å². The molecule has 3 heterocycles. The lowest BCUT2D eigenvalue weighted by Crippen LogP contribution is -2.40. The number of fused-ring (bicyclic) bond motifs is 1. The van der Waals surface area contributed by atoms with Crippen molar-refractivity contribution < 1.29 is 19.3 Å². The third-order valence-electron chi connectivity index (χ3n) is 4.90. The Hall–Kier alpha value is -2.99. The number of rotatable bonds is 2. The summed E-state index contributed by atoms with van der Waals surface area (Å²) in [4.78, 5) is 8.22. The summed E-state index contributed by atoms with van der Waals surface area (Å²) >= 11 is 0.